The van der Waals surface area contributed by atoms with Gasteiger partial charge in [0.2, 0.25) is 0 Å². The second-order valence-electron chi connectivity index (χ2n) is 12.0. The van der Waals surface area contributed by atoms with E-state index >= 15 is 0 Å². The van der Waals surface area contributed by atoms with E-state index in [0.717, 1.165) is 11.8 Å². The van der Waals surface area contributed by atoms with Crippen LogP contribution in [-0.4, -0.2) is 31.1 Å². The van der Waals surface area contributed by atoms with E-state index in [0.29, 0.717) is 34.2 Å². The molecule has 7 atom stereocenters. The van der Waals surface area contributed by atoms with Crippen LogP contribution in [0.5, 0.6) is 0 Å². The van der Waals surface area contributed by atoms with Gasteiger partial charge in [-0.05, 0) is 106 Å². The molecule has 0 aromatic heterocycles. The van der Waals surface area contributed by atoms with Crippen molar-refractivity contribution in [1.29, 1.82) is 0 Å². The number of rotatable bonds is 2. The molecule has 0 aromatic carbocycles. The average Bonchev–Trinajstić information content (AvgIpc) is 2.75. The van der Waals surface area contributed by atoms with Crippen molar-refractivity contribution in [3.63, 3.8) is 0 Å². The fourth-order valence-electron chi connectivity index (χ4n) is 8.53. The fraction of sp³-hybridized carbons (Fsp3) is 0.846. The second kappa shape index (κ2) is 6.71. The quantitative estimate of drug-likeness (QED) is 0.653. The zero-order valence-electron chi connectivity index (χ0n) is 19.5. The maximum Gasteiger partial charge on any atom is 0.0149 e. The Kier molecular flexibility index (Phi) is 4.95. The summed E-state index contributed by atoms with van der Waals surface area (Å²) in [7, 11) is 4.55. The summed E-state index contributed by atoms with van der Waals surface area (Å²) in [6, 6.07) is 1.01. The molecule has 4 aliphatic carbocycles. The molecule has 0 amide bonds. The van der Waals surface area contributed by atoms with Crippen molar-refractivity contribution < 1.29 is 0 Å². The maximum atomic E-state index is 6.48. The van der Waals surface area contributed by atoms with Gasteiger partial charge >= 0.3 is 0 Å². The van der Waals surface area contributed by atoms with E-state index in [2.05, 4.69) is 65.8 Å². The molecule has 2 N–H and O–H groups in total. The van der Waals surface area contributed by atoms with Crippen LogP contribution in [0.25, 0.3) is 0 Å². The normalized spacial score (nSPS) is 46.0. The van der Waals surface area contributed by atoms with Gasteiger partial charge in [0, 0.05) is 12.1 Å². The van der Waals surface area contributed by atoms with Crippen molar-refractivity contribution in [1.82, 2.24) is 4.90 Å². The molecule has 0 heterocycles. The minimum absolute atomic E-state index is 0.313. The van der Waals surface area contributed by atoms with Gasteiger partial charge in [-0.25, -0.2) is 0 Å². The Balaban J connectivity index is 1.69. The smallest absolute Gasteiger partial charge is 0.0149 e. The van der Waals surface area contributed by atoms with Crippen LogP contribution >= 0.6 is 0 Å². The molecule has 0 aromatic rings. The Hall–Kier alpha value is -0.600. The molecule has 2 saturated carbocycles. The van der Waals surface area contributed by atoms with E-state index in [1.165, 1.54) is 44.9 Å². The summed E-state index contributed by atoms with van der Waals surface area (Å²) in [5, 5.41) is 0. The summed E-state index contributed by atoms with van der Waals surface area (Å²) in [5.41, 5.74) is 11.1. The molecule has 0 saturated heterocycles. The minimum Gasteiger partial charge on any atom is -0.328 e. The van der Waals surface area contributed by atoms with Crippen LogP contribution < -0.4 is 5.73 Å². The van der Waals surface area contributed by atoms with Crippen LogP contribution in [0.15, 0.2) is 23.3 Å². The number of hydrogen-bond acceptors (Lipinski definition) is 2. The highest BCUT2D eigenvalue weighted by Crippen LogP contribution is 2.67. The van der Waals surface area contributed by atoms with Crippen molar-refractivity contribution in [2.45, 2.75) is 91.6 Å². The zero-order chi connectivity index (χ0) is 20.5. The summed E-state index contributed by atoms with van der Waals surface area (Å²) in [6.07, 6.45) is 14.5. The molecule has 2 heteroatoms. The summed E-state index contributed by atoms with van der Waals surface area (Å²) in [4.78, 5) is 2.48. The standard InChI is InChI=1S/C26H44N2/c1-17(27)20-13-15-26(5)22-10-9-21-18(16-19(22)12-14-25(20,26)4)8-11-23(28(6)7)24(21,2)3/h12,16-17,20-23H,8-11,13-15,27H2,1-7H3/t17-,20?,21?,22+,23-,25+,26-/m0/s1. The van der Waals surface area contributed by atoms with Gasteiger partial charge in [0.15, 0.2) is 0 Å². The van der Waals surface area contributed by atoms with Crippen LogP contribution in [-0.2, 0) is 0 Å². The molecular weight excluding hydrogens is 340 g/mol. The molecule has 0 bridgehead atoms. The Labute approximate surface area is 174 Å². The molecule has 2 fully saturated rings. The highest BCUT2D eigenvalue weighted by atomic mass is 15.1. The van der Waals surface area contributed by atoms with E-state index in [1.807, 2.05) is 0 Å². The SMILES string of the molecule is C[C@H](N)C1CC[C@@]2(C)[C@@H]3CCC4C(=CC3=CC[C@]12C)CC[C@H](N(C)C)C4(C)C. The topological polar surface area (TPSA) is 29.3 Å². The number of allylic oxidation sites excluding steroid dienone is 4. The zero-order valence-corrected chi connectivity index (χ0v) is 19.5. The van der Waals surface area contributed by atoms with Crippen LogP contribution in [0.3, 0.4) is 0 Å². The van der Waals surface area contributed by atoms with Crippen molar-refractivity contribution >= 4 is 0 Å². The van der Waals surface area contributed by atoms with E-state index in [4.69, 9.17) is 5.73 Å². The van der Waals surface area contributed by atoms with Gasteiger partial charge in [0.25, 0.3) is 0 Å². The lowest BCUT2D eigenvalue weighted by Gasteiger charge is -2.53. The van der Waals surface area contributed by atoms with Crippen molar-refractivity contribution in [3.8, 4) is 0 Å². The monoisotopic (exact) mass is 384 g/mol. The van der Waals surface area contributed by atoms with E-state index in [-0.39, 0.29) is 0 Å². The number of nitrogens with zero attached hydrogens (tertiary/aromatic N) is 1. The Bertz CT molecular complexity index is 685. The lowest BCUT2D eigenvalue weighted by molar-refractivity contribution is 0.00141. The van der Waals surface area contributed by atoms with Crippen LogP contribution in [0, 0.1) is 34.0 Å². The molecule has 0 aliphatic heterocycles. The van der Waals surface area contributed by atoms with E-state index in [1.54, 1.807) is 11.1 Å². The summed E-state index contributed by atoms with van der Waals surface area (Å²) in [5.74, 6) is 2.13. The lowest BCUT2D eigenvalue weighted by atomic mass is 9.51. The van der Waals surface area contributed by atoms with Crippen molar-refractivity contribution in [2.75, 3.05) is 14.1 Å². The third-order valence-corrected chi connectivity index (χ3v) is 10.3. The van der Waals surface area contributed by atoms with E-state index < -0.39 is 0 Å². The summed E-state index contributed by atoms with van der Waals surface area (Å²) < 4.78 is 0. The Morgan fingerprint density at radius 3 is 2.32 bits per heavy atom. The van der Waals surface area contributed by atoms with Crippen LogP contribution in [0.1, 0.15) is 79.6 Å². The first-order valence-electron chi connectivity index (χ1n) is 11.8. The molecular formula is C26H44N2. The Morgan fingerprint density at radius 2 is 1.68 bits per heavy atom. The predicted octanol–water partition coefficient (Wildman–Crippen LogP) is 5.79. The number of nitrogens with two attached hydrogens (primary N) is 1. The molecule has 0 spiro atoms. The minimum atomic E-state index is 0.313. The number of hydrogen-bond donors (Lipinski definition) is 1. The second-order valence-corrected chi connectivity index (χ2v) is 12.0. The molecule has 4 aliphatic rings. The van der Waals surface area contributed by atoms with Gasteiger partial charge in [0.05, 0.1) is 0 Å². The van der Waals surface area contributed by atoms with Gasteiger partial charge in [0.1, 0.15) is 0 Å². The van der Waals surface area contributed by atoms with E-state index in [9.17, 15) is 0 Å². The van der Waals surface area contributed by atoms with Gasteiger partial charge < -0.3 is 10.6 Å². The fourth-order valence-corrected chi connectivity index (χ4v) is 8.53. The largest absolute Gasteiger partial charge is 0.328 e. The average molecular weight is 385 g/mol. The molecule has 2 unspecified atom stereocenters. The lowest BCUT2D eigenvalue weighted by Crippen LogP contribution is -2.49. The first-order valence-corrected chi connectivity index (χ1v) is 11.8. The predicted molar refractivity (Wildman–Crippen MR) is 120 cm³/mol. The summed E-state index contributed by atoms with van der Waals surface area (Å²) >= 11 is 0. The van der Waals surface area contributed by atoms with Gasteiger partial charge in [-0.1, -0.05) is 45.4 Å². The third-order valence-electron chi connectivity index (χ3n) is 10.3. The Morgan fingerprint density at radius 1 is 1.00 bits per heavy atom. The van der Waals surface area contributed by atoms with Crippen molar-refractivity contribution in [2.24, 2.45) is 39.7 Å². The molecule has 28 heavy (non-hydrogen) atoms. The van der Waals surface area contributed by atoms with Crippen LogP contribution in [0.2, 0.25) is 0 Å². The highest BCUT2D eigenvalue weighted by molar-refractivity contribution is 5.37. The van der Waals surface area contributed by atoms with Gasteiger partial charge in [-0.3, -0.25) is 0 Å². The third kappa shape index (κ3) is 2.73. The first kappa shape index (κ1) is 20.7. The first-order chi connectivity index (χ1) is 13.0. The van der Waals surface area contributed by atoms with Gasteiger partial charge in [-0.2, -0.15) is 0 Å². The molecule has 0 radical (unpaired) electrons. The highest BCUT2D eigenvalue weighted by Gasteiger charge is 2.60. The molecule has 158 valence electrons. The number of fused-ring (bicyclic) bond motifs is 4. The summed E-state index contributed by atoms with van der Waals surface area (Å²) in [6.45, 7) is 12.5. The van der Waals surface area contributed by atoms with Crippen LogP contribution in [0.4, 0.5) is 0 Å². The molecule has 2 nitrogen and oxygen atoms in total. The van der Waals surface area contributed by atoms with Crippen molar-refractivity contribution in [3.05, 3.63) is 23.3 Å². The maximum absolute atomic E-state index is 6.48. The molecule has 4 rings (SSSR count). The van der Waals surface area contributed by atoms with Gasteiger partial charge in [-0.15, -0.1) is 0 Å².